The summed E-state index contributed by atoms with van der Waals surface area (Å²) in [5.74, 6) is -2.74. The molecule has 0 saturated carbocycles. The van der Waals surface area contributed by atoms with Crippen LogP contribution in [0, 0.1) is 11.6 Å². The quantitative estimate of drug-likeness (QED) is 0.789. The normalized spacial score (nSPS) is 10.6. The molecule has 0 radical (unpaired) electrons. The van der Waals surface area contributed by atoms with Gasteiger partial charge >= 0.3 is 0 Å². The van der Waals surface area contributed by atoms with Crippen molar-refractivity contribution in [3.8, 4) is 0 Å². The predicted molar refractivity (Wildman–Crippen MR) is 84.5 cm³/mol. The Balaban J connectivity index is 2.40. The van der Waals surface area contributed by atoms with Crippen molar-refractivity contribution in [1.82, 2.24) is 0 Å². The third-order valence-electron chi connectivity index (χ3n) is 3.49. The topological polar surface area (TPSA) is 29.1 Å². The highest BCUT2D eigenvalue weighted by atomic mass is 35.5. The maximum atomic E-state index is 13.3. The molecular weight excluding hydrogens is 308 g/mol. The van der Waals surface area contributed by atoms with Crippen molar-refractivity contribution in [3.63, 3.8) is 0 Å². The molecule has 2 aromatic rings. The lowest BCUT2D eigenvalue weighted by atomic mass is 10.0. The Morgan fingerprint density at radius 1 is 1.09 bits per heavy atom. The SMILES string of the molecule is CCc1cccc(CC)c1NC(=O)c1cc(F)c(F)cc1Cl. The summed E-state index contributed by atoms with van der Waals surface area (Å²) < 4.78 is 26.4. The van der Waals surface area contributed by atoms with Crippen molar-refractivity contribution >= 4 is 23.2 Å². The van der Waals surface area contributed by atoms with E-state index in [-0.39, 0.29) is 10.6 Å². The van der Waals surface area contributed by atoms with Gasteiger partial charge in [0.1, 0.15) is 0 Å². The number of aryl methyl sites for hydroxylation is 2. The summed E-state index contributed by atoms with van der Waals surface area (Å²) in [6.07, 6.45) is 1.49. The van der Waals surface area contributed by atoms with Crippen molar-refractivity contribution in [2.75, 3.05) is 5.32 Å². The molecule has 0 unspecified atom stereocenters. The molecule has 0 aliphatic heterocycles. The molecular formula is C17H16ClF2NO. The monoisotopic (exact) mass is 323 g/mol. The highest BCUT2D eigenvalue weighted by Gasteiger charge is 2.17. The van der Waals surface area contributed by atoms with Crippen molar-refractivity contribution < 1.29 is 13.6 Å². The second-order valence-electron chi connectivity index (χ2n) is 4.86. The van der Waals surface area contributed by atoms with Crippen molar-refractivity contribution in [2.45, 2.75) is 26.7 Å². The number of benzene rings is 2. The van der Waals surface area contributed by atoms with Crippen LogP contribution < -0.4 is 5.32 Å². The number of halogens is 3. The van der Waals surface area contributed by atoms with Crippen LogP contribution in [0.1, 0.15) is 35.3 Å². The fourth-order valence-corrected chi connectivity index (χ4v) is 2.52. The van der Waals surface area contributed by atoms with Crippen LogP contribution in [0.4, 0.5) is 14.5 Å². The number of anilines is 1. The van der Waals surface area contributed by atoms with E-state index >= 15 is 0 Å². The van der Waals surface area contributed by atoms with E-state index in [4.69, 9.17) is 11.6 Å². The van der Waals surface area contributed by atoms with E-state index in [1.807, 2.05) is 32.0 Å². The lowest BCUT2D eigenvalue weighted by molar-refractivity contribution is 0.102. The number of carbonyl (C=O) groups is 1. The molecule has 0 aromatic heterocycles. The Morgan fingerprint density at radius 3 is 2.18 bits per heavy atom. The highest BCUT2D eigenvalue weighted by Crippen LogP contribution is 2.25. The smallest absolute Gasteiger partial charge is 0.257 e. The number of rotatable bonds is 4. The Morgan fingerprint density at radius 2 is 1.64 bits per heavy atom. The zero-order chi connectivity index (χ0) is 16.3. The molecule has 2 nitrogen and oxygen atoms in total. The molecule has 5 heteroatoms. The van der Waals surface area contributed by atoms with Crippen LogP contribution in [-0.4, -0.2) is 5.91 Å². The zero-order valence-electron chi connectivity index (χ0n) is 12.3. The summed E-state index contributed by atoms with van der Waals surface area (Å²) in [6, 6.07) is 7.38. The largest absolute Gasteiger partial charge is 0.321 e. The van der Waals surface area contributed by atoms with Gasteiger partial charge in [-0.15, -0.1) is 0 Å². The Labute approximate surface area is 133 Å². The molecule has 116 valence electrons. The lowest BCUT2D eigenvalue weighted by Gasteiger charge is -2.15. The number of hydrogen-bond donors (Lipinski definition) is 1. The Bertz CT molecular complexity index is 694. The summed E-state index contributed by atoms with van der Waals surface area (Å²) in [5, 5.41) is 2.65. The third-order valence-corrected chi connectivity index (χ3v) is 3.80. The number of amides is 1. The van der Waals surface area contributed by atoms with E-state index in [9.17, 15) is 13.6 Å². The van der Waals surface area contributed by atoms with Gasteiger partial charge in [0.2, 0.25) is 0 Å². The maximum absolute atomic E-state index is 13.3. The number of para-hydroxylation sites is 1. The van der Waals surface area contributed by atoms with E-state index in [1.54, 1.807) is 0 Å². The van der Waals surface area contributed by atoms with Crippen LogP contribution in [-0.2, 0) is 12.8 Å². The third kappa shape index (κ3) is 3.28. The standard InChI is InChI=1S/C17H16ClF2NO/c1-3-10-6-5-7-11(4-2)16(10)21-17(22)12-8-14(19)15(20)9-13(12)18/h5-9H,3-4H2,1-2H3,(H,21,22). The average molecular weight is 324 g/mol. The zero-order valence-corrected chi connectivity index (χ0v) is 13.1. The highest BCUT2D eigenvalue weighted by molar-refractivity contribution is 6.34. The minimum Gasteiger partial charge on any atom is -0.321 e. The molecule has 2 rings (SSSR count). The van der Waals surface area contributed by atoms with E-state index in [2.05, 4.69) is 5.32 Å². The van der Waals surface area contributed by atoms with Gasteiger partial charge in [0.05, 0.1) is 10.6 Å². The molecule has 1 N–H and O–H groups in total. The fourth-order valence-electron chi connectivity index (χ4n) is 2.28. The van der Waals surface area contributed by atoms with Crippen LogP contribution in [0.25, 0.3) is 0 Å². The molecule has 0 spiro atoms. The molecule has 0 fully saturated rings. The summed E-state index contributed by atoms with van der Waals surface area (Å²) in [5.41, 5.74) is 2.57. The van der Waals surface area contributed by atoms with E-state index < -0.39 is 17.5 Å². The predicted octanol–water partition coefficient (Wildman–Crippen LogP) is 5.00. The number of carbonyl (C=O) groups excluding carboxylic acids is 1. The molecule has 2 aromatic carbocycles. The van der Waals surface area contributed by atoms with E-state index in [1.165, 1.54) is 0 Å². The lowest BCUT2D eigenvalue weighted by Crippen LogP contribution is -2.16. The van der Waals surface area contributed by atoms with Gasteiger partial charge in [-0.2, -0.15) is 0 Å². The fraction of sp³-hybridized carbons (Fsp3) is 0.235. The average Bonchev–Trinajstić information content (AvgIpc) is 2.50. The van der Waals surface area contributed by atoms with Gasteiger partial charge in [0.15, 0.2) is 11.6 Å². The van der Waals surface area contributed by atoms with Crippen LogP contribution in [0.2, 0.25) is 5.02 Å². The van der Waals surface area contributed by atoms with Crippen LogP contribution in [0.3, 0.4) is 0 Å². The first kappa shape index (κ1) is 16.4. The molecule has 0 saturated heterocycles. The summed E-state index contributed by atoms with van der Waals surface area (Å²) >= 11 is 5.84. The molecule has 22 heavy (non-hydrogen) atoms. The summed E-state index contributed by atoms with van der Waals surface area (Å²) in [6.45, 7) is 3.96. The van der Waals surface area contributed by atoms with Gasteiger partial charge in [0.25, 0.3) is 5.91 Å². The summed E-state index contributed by atoms with van der Waals surface area (Å²) in [7, 11) is 0. The van der Waals surface area contributed by atoms with Gasteiger partial charge < -0.3 is 5.32 Å². The Kier molecular flexibility index (Phi) is 5.14. The minimum atomic E-state index is -1.10. The first-order chi connectivity index (χ1) is 10.5. The maximum Gasteiger partial charge on any atom is 0.257 e. The van der Waals surface area contributed by atoms with Gasteiger partial charge in [-0.1, -0.05) is 43.6 Å². The van der Waals surface area contributed by atoms with E-state index in [0.29, 0.717) is 5.69 Å². The first-order valence-electron chi connectivity index (χ1n) is 7.04. The van der Waals surface area contributed by atoms with Crippen molar-refractivity contribution in [3.05, 3.63) is 63.7 Å². The van der Waals surface area contributed by atoms with Gasteiger partial charge in [-0.3, -0.25) is 4.79 Å². The molecule has 0 aliphatic carbocycles. The molecule has 0 atom stereocenters. The van der Waals surface area contributed by atoms with Crippen LogP contribution in [0.15, 0.2) is 30.3 Å². The molecule has 0 heterocycles. The van der Waals surface area contributed by atoms with Gasteiger partial charge in [-0.05, 0) is 36.1 Å². The first-order valence-corrected chi connectivity index (χ1v) is 7.42. The van der Waals surface area contributed by atoms with Crippen LogP contribution >= 0.6 is 11.6 Å². The molecule has 0 bridgehead atoms. The minimum absolute atomic E-state index is 0.0893. The molecule has 1 amide bonds. The molecule has 0 aliphatic rings. The number of nitrogens with one attached hydrogen (secondary N) is 1. The number of hydrogen-bond acceptors (Lipinski definition) is 1. The van der Waals surface area contributed by atoms with E-state index in [0.717, 1.165) is 36.1 Å². The second-order valence-corrected chi connectivity index (χ2v) is 5.27. The van der Waals surface area contributed by atoms with Crippen LogP contribution in [0.5, 0.6) is 0 Å². The van der Waals surface area contributed by atoms with Gasteiger partial charge in [-0.25, -0.2) is 8.78 Å². The second kappa shape index (κ2) is 6.88. The van der Waals surface area contributed by atoms with Gasteiger partial charge in [0, 0.05) is 5.69 Å². The van der Waals surface area contributed by atoms with Crippen molar-refractivity contribution in [1.29, 1.82) is 0 Å². The Hall–Kier alpha value is -1.94. The van der Waals surface area contributed by atoms with Crippen molar-refractivity contribution in [2.24, 2.45) is 0 Å². The summed E-state index contributed by atoms with van der Waals surface area (Å²) in [4.78, 5) is 12.4.